The van der Waals surface area contributed by atoms with Gasteiger partial charge in [0.05, 0.1) is 32.0 Å². The molecule has 0 bridgehead atoms. The van der Waals surface area contributed by atoms with Gasteiger partial charge in [-0.05, 0) is 90.4 Å². The highest BCUT2D eigenvalue weighted by Crippen LogP contribution is 2.42. The molecule has 374 valence electrons. The summed E-state index contributed by atoms with van der Waals surface area (Å²) in [5.41, 5.74) is 9.58. The molecule has 0 spiro atoms. The van der Waals surface area contributed by atoms with Crippen molar-refractivity contribution in [1.82, 2.24) is 0 Å². The van der Waals surface area contributed by atoms with Crippen LogP contribution in [0.25, 0.3) is 16.5 Å². The Labute approximate surface area is 411 Å². The molecule has 0 aliphatic carbocycles. The standard InChI is InChI=1S/C53H81N3O9Si3/c1-39(40(2)64-68(52(6,7)8,41-24-19-17-20-25-41)42-26-21-18-22-27-42)30-31-47(65-67(15,16)51(3,4)5)49-46(62-53(9,10)63-49)29-23-28-43-44(59-35-34-55-56-54)32-33-45(61-38-58-11)48(43)50(57)60-36-37-66(12,13)14/h17-28,30-33,39-40,46-47,49H,29,34-38H2,1-16H3/t39-,40-,46+,47?,49+/m1/s1. The van der Waals surface area contributed by atoms with Crippen molar-refractivity contribution < 1.29 is 42.1 Å². The molecule has 12 nitrogen and oxygen atoms in total. The third-order valence-corrected chi connectivity index (χ3v) is 24.2. The van der Waals surface area contributed by atoms with Gasteiger partial charge in [0.2, 0.25) is 0 Å². The van der Waals surface area contributed by atoms with Gasteiger partial charge in [0.15, 0.2) is 20.9 Å². The molecule has 1 saturated heterocycles. The van der Waals surface area contributed by atoms with Crippen LogP contribution in [0, 0.1) is 5.92 Å². The molecule has 1 aliphatic heterocycles. The summed E-state index contributed by atoms with van der Waals surface area (Å²) in [5, 5.41) is 5.85. The van der Waals surface area contributed by atoms with Gasteiger partial charge in [0.1, 0.15) is 23.2 Å². The van der Waals surface area contributed by atoms with Crippen molar-refractivity contribution in [3.63, 3.8) is 0 Å². The van der Waals surface area contributed by atoms with Gasteiger partial charge in [-0.1, -0.05) is 158 Å². The van der Waals surface area contributed by atoms with Crippen LogP contribution < -0.4 is 19.8 Å². The van der Waals surface area contributed by atoms with Crippen LogP contribution in [0.15, 0.2) is 96.1 Å². The number of methoxy groups -OCH3 is 1. The van der Waals surface area contributed by atoms with Gasteiger partial charge in [-0.2, -0.15) is 0 Å². The van der Waals surface area contributed by atoms with Crippen molar-refractivity contribution in [1.29, 1.82) is 0 Å². The highest BCUT2D eigenvalue weighted by atomic mass is 28.4. The van der Waals surface area contributed by atoms with Crippen LogP contribution in [-0.2, 0) is 27.8 Å². The van der Waals surface area contributed by atoms with Crippen molar-refractivity contribution in [3.05, 3.63) is 113 Å². The van der Waals surface area contributed by atoms with E-state index in [2.05, 4.69) is 171 Å². The number of hydrogen-bond acceptors (Lipinski definition) is 10. The molecule has 0 saturated carbocycles. The third kappa shape index (κ3) is 15.2. The average molecular weight is 989 g/mol. The lowest BCUT2D eigenvalue weighted by Crippen LogP contribution is -2.67. The lowest BCUT2D eigenvalue weighted by Gasteiger charge is -2.45. The van der Waals surface area contributed by atoms with E-state index in [0.29, 0.717) is 23.5 Å². The van der Waals surface area contributed by atoms with E-state index in [-0.39, 0.29) is 54.2 Å². The van der Waals surface area contributed by atoms with Crippen LogP contribution in [0.2, 0.25) is 48.9 Å². The van der Waals surface area contributed by atoms with E-state index >= 15 is 0 Å². The summed E-state index contributed by atoms with van der Waals surface area (Å²) in [5.74, 6) is -0.746. The van der Waals surface area contributed by atoms with Crippen LogP contribution in [0.4, 0.5) is 0 Å². The molecule has 0 radical (unpaired) electrons. The van der Waals surface area contributed by atoms with E-state index in [1.807, 2.05) is 26.0 Å². The summed E-state index contributed by atoms with van der Waals surface area (Å²) in [6, 6.07) is 25.7. The lowest BCUT2D eigenvalue weighted by atomic mass is 9.99. The molecule has 1 fully saturated rings. The van der Waals surface area contributed by atoms with Crippen LogP contribution in [0.5, 0.6) is 11.5 Å². The number of rotatable bonds is 24. The Morgan fingerprint density at radius 1 is 0.824 bits per heavy atom. The fourth-order valence-electron chi connectivity index (χ4n) is 7.98. The molecule has 1 unspecified atom stereocenters. The number of nitrogens with zero attached hydrogens (tertiary/aromatic N) is 3. The largest absolute Gasteiger partial charge is 0.493 e. The number of carbonyl (C=O) groups is 1. The lowest BCUT2D eigenvalue weighted by molar-refractivity contribution is -0.151. The van der Waals surface area contributed by atoms with Crippen LogP contribution >= 0.6 is 0 Å². The fourth-order valence-corrected chi connectivity index (χ4v) is 14.7. The predicted molar refractivity (Wildman–Crippen MR) is 283 cm³/mol. The Morgan fingerprint density at radius 3 is 1.97 bits per heavy atom. The Balaban J connectivity index is 1.75. The number of esters is 1. The van der Waals surface area contributed by atoms with Gasteiger partial charge < -0.3 is 37.3 Å². The minimum atomic E-state index is -2.83. The molecule has 0 aromatic heterocycles. The molecular weight excluding hydrogens is 907 g/mol. The molecule has 5 atom stereocenters. The van der Waals surface area contributed by atoms with E-state index < -0.39 is 54.8 Å². The minimum absolute atomic E-state index is 0.00429. The van der Waals surface area contributed by atoms with E-state index in [9.17, 15) is 4.79 Å². The quantitative estimate of drug-likeness (QED) is 0.0125. The second-order valence-electron chi connectivity index (χ2n) is 22.0. The molecule has 3 aromatic carbocycles. The smallest absolute Gasteiger partial charge is 0.342 e. The van der Waals surface area contributed by atoms with Gasteiger partial charge >= 0.3 is 5.97 Å². The van der Waals surface area contributed by atoms with Crippen molar-refractivity contribution in [2.75, 3.05) is 33.7 Å². The minimum Gasteiger partial charge on any atom is -0.493 e. The van der Waals surface area contributed by atoms with Crippen LogP contribution in [0.1, 0.15) is 91.6 Å². The highest BCUT2D eigenvalue weighted by molar-refractivity contribution is 6.99. The second-order valence-corrected chi connectivity index (χ2v) is 36.6. The van der Waals surface area contributed by atoms with E-state index in [1.54, 1.807) is 12.1 Å². The van der Waals surface area contributed by atoms with Crippen LogP contribution in [0.3, 0.4) is 0 Å². The first-order valence-electron chi connectivity index (χ1n) is 24.0. The summed E-state index contributed by atoms with van der Waals surface area (Å²) in [7, 11) is -5.20. The number of azide groups is 1. The predicted octanol–water partition coefficient (Wildman–Crippen LogP) is 12.3. The van der Waals surface area contributed by atoms with Crippen molar-refractivity contribution in [2.24, 2.45) is 11.0 Å². The normalized spacial score (nSPS) is 18.3. The highest BCUT2D eigenvalue weighted by Gasteiger charge is 2.52. The summed E-state index contributed by atoms with van der Waals surface area (Å²) in [6.07, 6.45) is 7.09. The Kier molecular flexibility index (Phi) is 20.1. The molecule has 1 aliphatic rings. The summed E-state index contributed by atoms with van der Waals surface area (Å²) in [6.45, 7) is 33.5. The first-order valence-corrected chi connectivity index (χ1v) is 32.6. The maximum Gasteiger partial charge on any atom is 0.342 e. The Hall–Kier alpha value is -4.03. The van der Waals surface area contributed by atoms with E-state index in [1.165, 1.54) is 17.5 Å². The summed E-state index contributed by atoms with van der Waals surface area (Å²) < 4.78 is 51.5. The molecular formula is C53H81N3O9Si3. The van der Waals surface area contributed by atoms with Crippen molar-refractivity contribution >= 4 is 47.1 Å². The molecule has 0 N–H and O–H groups in total. The Bertz CT molecular complexity index is 2140. The number of carbonyl (C=O) groups excluding carboxylic acids is 1. The molecule has 68 heavy (non-hydrogen) atoms. The number of benzene rings is 3. The zero-order chi connectivity index (χ0) is 50.6. The third-order valence-electron chi connectivity index (χ3n) is 12.9. The summed E-state index contributed by atoms with van der Waals surface area (Å²) in [4.78, 5) is 16.9. The zero-order valence-electron chi connectivity index (χ0n) is 43.9. The van der Waals surface area contributed by atoms with Crippen molar-refractivity contribution in [2.45, 2.75) is 155 Å². The van der Waals surface area contributed by atoms with E-state index in [4.69, 9.17) is 42.8 Å². The molecule has 1 heterocycles. The second kappa shape index (κ2) is 24.2. The maximum absolute atomic E-state index is 14.0. The average Bonchev–Trinajstić information content (AvgIpc) is 3.57. The summed E-state index contributed by atoms with van der Waals surface area (Å²) >= 11 is 0. The van der Waals surface area contributed by atoms with Gasteiger partial charge in [0.25, 0.3) is 8.32 Å². The van der Waals surface area contributed by atoms with Gasteiger partial charge in [-0.3, -0.25) is 0 Å². The molecule has 4 rings (SSSR count). The number of ether oxygens (including phenoxy) is 6. The van der Waals surface area contributed by atoms with Gasteiger partial charge in [-0.25, -0.2) is 4.79 Å². The molecule has 3 aromatic rings. The Morgan fingerprint density at radius 2 is 1.43 bits per heavy atom. The zero-order valence-corrected chi connectivity index (χ0v) is 46.9. The van der Waals surface area contributed by atoms with E-state index in [0.717, 1.165) is 6.04 Å². The first kappa shape index (κ1) is 56.6. The number of hydrogen-bond donors (Lipinski definition) is 0. The van der Waals surface area contributed by atoms with Crippen molar-refractivity contribution in [3.8, 4) is 11.5 Å². The SMILES string of the molecule is COCOc1ccc(OCCN=[N+]=[N-])c(C=CC[C@@H]2OC(C)(C)O[C@@H]2C(C=C[C@@H](C)[C@@H](C)O[Si](c2ccccc2)(c2ccccc2)C(C)(C)C)O[Si](C)(C)C(C)(C)C)c1C(=O)OCC[Si](C)(C)C. The molecule has 15 heteroatoms. The van der Waals surface area contributed by atoms with Gasteiger partial charge in [-0.15, -0.1) is 0 Å². The first-order chi connectivity index (χ1) is 31.8. The fraction of sp³-hybridized carbons (Fsp3) is 0.566. The topological polar surface area (TPSA) is 140 Å². The van der Waals surface area contributed by atoms with Gasteiger partial charge in [0, 0.05) is 31.8 Å². The van der Waals surface area contributed by atoms with Crippen LogP contribution in [-0.4, -0.2) is 94.5 Å². The molecule has 0 amide bonds. The monoisotopic (exact) mass is 988 g/mol. The maximum atomic E-state index is 14.0.